The zero-order valence-electron chi connectivity index (χ0n) is 4.74. The molecule has 0 aromatic rings. The van der Waals surface area contributed by atoms with Crippen molar-refractivity contribution >= 4 is 7.60 Å². The Bertz CT molecular complexity index is 95.5. The molecule has 0 heterocycles. The van der Waals surface area contributed by atoms with Crippen LogP contribution in [-0.4, -0.2) is 15.9 Å². The van der Waals surface area contributed by atoms with Crippen molar-refractivity contribution in [3.05, 3.63) is 6.42 Å². The summed E-state index contributed by atoms with van der Waals surface area (Å²) in [5.41, 5.74) is 0. The second kappa shape index (κ2) is 3.23. The van der Waals surface area contributed by atoms with Crippen LogP contribution in [0.4, 0.5) is 0 Å². The highest BCUT2D eigenvalue weighted by Crippen LogP contribution is 2.34. The second-order valence-electron chi connectivity index (χ2n) is 1.54. The minimum Gasteiger partial charge on any atom is -0.324 e. The zero-order valence-corrected chi connectivity index (χ0v) is 5.64. The van der Waals surface area contributed by atoms with Gasteiger partial charge in [0.1, 0.15) is 0 Å². The van der Waals surface area contributed by atoms with Gasteiger partial charge in [-0.25, -0.2) is 0 Å². The van der Waals surface area contributed by atoms with Gasteiger partial charge in [0.2, 0.25) is 0 Å². The van der Waals surface area contributed by atoms with Crippen LogP contribution in [0.15, 0.2) is 0 Å². The molecule has 0 aliphatic heterocycles. The minimum atomic E-state index is -3.74. The molecule has 0 aromatic carbocycles. The molecule has 0 amide bonds. The Balaban J connectivity index is 3.26. The van der Waals surface area contributed by atoms with Gasteiger partial charge in [-0.2, -0.15) is 0 Å². The standard InChI is InChI=1S/C4H10O3P/c1-2-3-4-8(5,6)7/h3H,2,4H2,1H3,(H2,5,6,7). The zero-order chi connectivity index (χ0) is 6.62. The van der Waals surface area contributed by atoms with Crippen molar-refractivity contribution in [2.45, 2.75) is 13.3 Å². The first kappa shape index (κ1) is 8.15. The van der Waals surface area contributed by atoms with Crippen LogP contribution in [0, 0.1) is 6.42 Å². The number of hydrogen-bond acceptors (Lipinski definition) is 1. The Morgan fingerprint density at radius 3 is 2.25 bits per heavy atom. The molecule has 8 heavy (non-hydrogen) atoms. The van der Waals surface area contributed by atoms with Crippen LogP contribution in [-0.2, 0) is 4.57 Å². The molecule has 0 saturated carbocycles. The molecular weight excluding hydrogens is 127 g/mol. The third kappa shape index (κ3) is 6.15. The monoisotopic (exact) mass is 137 g/mol. The smallest absolute Gasteiger partial charge is 0.324 e. The SMILES string of the molecule is CC[CH]CP(=O)(O)O. The summed E-state index contributed by atoms with van der Waals surface area (Å²) in [5, 5.41) is 0. The van der Waals surface area contributed by atoms with E-state index in [9.17, 15) is 4.57 Å². The highest BCUT2D eigenvalue weighted by molar-refractivity contribution is 7.51. The van der Waals surface area contributed by atoms with E-state index in [0.717, 1.165) is 0 Å². The first-order valence-corrected chi connectivity index (χ1v) is 4.22. The minimum absolute atomic E-state index is 0.0938. The van der Waals surface area contributed by atoms with Gasteiger partial charge in [-0.15, -0.1) is 0 Å². The summed E-state index contributed by atoms with van der Waals surface area (Å²) in [6.45, 7) is 1.84. The summed E-state index contributed by atoms with van der Waals surface area (Å²) in [4.78, 5) is 16.5. The first-order valence-electron chi connectivity index (χ1n) is 2.42. The lowest BCUT2D eigenvalue weighted by atomic mass is 10.4. The average Bonchev–Trinajstić information content (AvgIpc) is 1.59. The lowest BCUT2D eigenvalue weighted by molar-refractivity contribution is 0.375. The van der Waals surface area contributed by atoms with Gasteiger partial charge in [-0.05, 0) is 6.42 Å². The summed E-state index contributed by atoms with van der Waals surface area (Å²) in [6, 6.07) is 0. The molecule has 0 aromatic heterocycles. The normalized spacial score (nSPS) is 11.9. The molecule has 0 saturated heterocycles. The Kier molecular flexibility index (Phi) is 3.29. The molecule has 0 rings (SSSR count). The molecule has 49 valence electrons. The van der Waals surface area contributed by atoms with Crippen LogP contribution in [0.25, 0.3) is 0 Å². The second-order valence-corrected chi connectivity index (χ2v) is 3.24. The lowest BCUT2D eigenvalue weighted by Gasteiger charge is -1.98. The predicted molar refractivity (Wildman–Crippen MR) is 31.5 cm³/mol. The van der Waals surface area contributed by atoms with Crippen molar-refractivity contribution in [1.82, 2.24) is 0 Å². The highest BCUT2D eigenvalue weighted by atomic mass is 31.2. The van der Waals surface area contributed by atoms with Crippen LogP contribution >= 0.6 is 7.60 Å². The van der Waals surface area contributed by atoms with Gasteiger partial charge in [0.15, 0.2) is 0 Å². The van der Waals surface area contributed by atoms with Gasteiger partial charge in [-0.1, -0.05) is 13.3 Å². The van der Waals surface area contributed by atoms with Gasteiger partial charge in [0, 0.05) is 0 Å². The van der Waals surface area contributed by atoms with E-state index in [4.69, 9.17) is 9.79 Å². The molecule has 4 heteroatoms. The van der Waals surface area contributed by atoms with E-state index in [0.29, 0.717) is 6.42 Å². The van der Waals surface area contributed by atoms with Gasteiger partial charge in [0.25, 0.3) is 0 Å². The van der Waals surface area contributed by atoms with Crippen molar-refractivity contribution in [3.63, 3.8) is 0 Å². The third-order valence-electron chi connectivity index (χ3n) is 0.656. The van der Waals surface area contributed by atoms with Crippen LogP contribution in [0.5, 0.6) is 0 Å². The summed E-state index contributed by atoms with van der Waals surface area (Å²) in [6.07, 6.45) is 2.19. The van der Waals surface area contributed by atoms with Gasteiger partial charge in [-0.3, -0.25) is 4.57 Å². The van der Waals surface area contributed by atoms with Crippen LogP contribution in [0.3, 0.4) is 0 Å². The molecule has 0 aliphatic rings. The maximum absolute atomic E-state index is 10.1. The molecule has 2 N–H and O–H groups in total. The van der Waals surface area contributed by atoms with Crippen molar-refractivity contribution in [1.29, 1.82) is 0 Å². The van der Waals surface area contributed by atoms with Crippen molar-refractivity contribution in [3.8, 4) is 0 Å². The van der Waals surface area contributed by atoms with E-state index in [1.54, 1.807) is 6.42 Å². The van der Waals surface area contributed by atoms with Crippen molar-refractivity contribution in [2.75, 3.05) is 6.16 Å². The maximum atomic E-state index is 10.1. The van der Waals surface area contributed by atoms with Crippen LogP contribution < -0.4 is 0 Å². The lowest BCUT2D eigenvalue weighted by Crippen LogP contribution is -1.86. The topological polar surface area (TPSA) is 57.5 Å². The molecular formula is C4H10O3P. The van der Waals surface area contributed by atoms with E-state index in [1.807, 2.05) is 6.92 Å². The predicted octanol–water partition coefficient (Wildman–Crippen LogP) is 0.778. The fourth-order valence-corrected chi connectivity index (χ4v) is 0.892. The average molecular weight is 137 g/mol. The molecule has 0 unspecified atom stereocenters. The van der Waals surface area contributed by atoms with E-state index in [1.165, 1.54) is 0 Å². The molecule has 0 atom stereocenters. The van der Waals surface area contributed by atoms with Crippen LogP contribution in [0.2, 0.25) is 0 Å². The van der Waals surface area contributed by atoms with Crippen molar-refractivity contribution in [2.24, 2.45) is 0 Å². The molecule has 0 bridgehead atoms. The highest BCUT2D eigenvalue weighted by Gasteiger charge is 2.09. The fourth-order valence-electron chi connectivity index (χ4n) is 0.297. The Morgan fingerprint density at radius 2 is 2.12 bits per heavy atom. The van der Waals surface area contributed by atoms with E-state index < -0.39 is 7.60 Å². The van der Waals surface area contributed by atoms with Gasteiger partial charge in [0.05, 0.1) is 6.16 Å². The molecule has 0 aliphatic carbocycles. The summed E-state index contributed by atoms with van der Waals surface area (Å²) >= 11 is 0. The molecule has 0 fully saturated rings. The Labute approximate surface area is 48.9 Å². The Morgan fingerprint density at radius 1 is 1.62 bits per heavy atom. The van der Waals surface area contributed by atoms with Gasteiger partial charge >= 0.3 is 7.60 Å². The van der Waals surface area contributed by atoms with Crippen molar-refractivity contribution < 1.29 is 14.4 Å². The third-order valence-corrected chi connectivity index (χ3v) is 1.39. The fraction of sp³-hybridized carbons (Fsp3) is 0.750. The van der Waals surface area contributed by atoms with Crippen LogP contribution in [0.1, 0.15) is 13.3 Å². The number of hydrogen-bond donors (Lipinski definition) is 2. The van der Waals surface area contributed by atoms with E-state index in [-0.39, 0.29) is 6.16 Å². The maximum Gasteiger partial charge on any atom is 0.325 e. The first-order chi connectivity index (χ1) is 3.56. The molecule has 1 radical (unpaired) electrons. The number of rotatable bonds is 3. The summed E-state index contributed by atoms with van der Waals surface area (Å²) in [5.74, 6) is 0. The summed E-state index contributed by atoms with van der Waals surface area (Å²) < 4.78 is 10.1. The van der Waals surface area contributed by atoms with Gasteiger partial charge < -0.3 is 9.79 Å². The molecule has 0 spiro atoms. The largest absolute Gasteiger partial charge is 0.325 e. The van der Waals surface area contributed by atoms with E-state index in [2.05, 4.69) is 0 Å². The Hall–Kier alpha value is 0.150. The molecule has 3 nitrogen and oxygen atoms in total. The summed E-state index contributed by atoms with van der Waals surface area (Å²) in [7, 11) is -3.74. The number of unbranched alkanes of at least 4 members (excludes halogenated alkanes) is 1. The quantitative estimate of drug-likeness (QED) is 0.565. The van der Waals surface area contributed by atoms with E-state index >= 15 is 0 Å².